The Labute approximate surface area is 95.9 Å². The molecule has 2 atom stereocenters. The molecule has 3 nitrogen and oxygen atoms in total. The van der Waals surface area contributed by atoms with Gasteiger partial charge >= 0.3 is 14.1 Å². The van der Waals surface area contributed by atoms with E-state index >= 15 is 0 Å². The lowest BCUT2D eigenvalue weighted by Crippen LogP contribution is -2.04. The summed E-state index contributed by atoms with van der Waals surface area (Å²) in [4.78, 5) is 20.8. The highest BCUT2D eigenvalue weighted by Gasteiger charge is 2.16. The standard InChI is InChI=1S/C11H16FO3P/c1-8(7-11(12)13)5-4-6-9(2)10(3)16(14)15/h6-7,10H,4-5H2,1-3H3/b8-7-,9-6?. The average molecular weight is 246 g/mol. The van der Waals surface area contributed by atoms with Gasteiger partial charge in [0.25, 0.3) is 0 Å². The van der Waals surface area contributed by atoms with Crippen molar-refractivity contribution < 1.29 is 18.6 Å². The number of halogens is 1. The van der Waals surface area contributed by atoms with Gasteiger partial charge < -0.3 is 4.89 Å². The van der Waals surface area contributed by atoms with Gasteiger partial charge in [-0.15, -0.1) is 0 Å². The van der Waals surface area contributed by atoms with Gasteiger partial charge in [-0.25, -0.2) is 0 Å². The molecule has 0 aromatic rings. The first-order valence-electron chi connectivity index (χ1n) is 5.01. The van der Waals surface area contributed by atoms with Crippen molar-refractivity contribution in [3.05, 3.63) is 23.3 Å². The van der Waals surface area contributed by atoms with Gasteiger partial charge in [0.05, 0.1) is 0 Å². The van der Waals surface area contributed by atoms with Crippen LogP contribution in [0.4, 0.5) is 4.39 Å². The number of hydrogen-bond donors (Lipinski definition) is 0. The summed E-state index contributed by atoms with van der Waals surface area (Å²) in [5.74, 6) is 0. The molecular formula is C11H16FO3P. The molecule has 0 aliphatic carbocycles. The Morgan fingerprint density at radius 3 is 2.50 bits per heavy atom. The summed E-state index contributed by atoms with van der Waals surface area (Å²) in [5, 5.41) is 0. The van der Waals surface area contributed by atoms with Crippen molar-refractivity contribution in [1.29, 1.82) is 0 Å². The summed E-state index contributed by atoms with van der Waals surface area (Å²) in [6, 6.07) is -1.45. The van der Waals surface area contributed by atoms with Crippen molar-refractivity contribution in [2.24, 2.45) is 0 Å². The van der Waals surface area contributed by atoms with Crippen molar-refractivity contribution in [1.82, 2.24) is 0 Å². The zero-order chi connectivity index (χ0) is 12.7. The van der Waals surface area contributed by atoms with Gasteiger partial charge in [-0.05, 0) is 39.2 Å². The predicted molar refractivity (Wildman–Crippen MR) is 59.9 cm³/mol. The third-order valence-corrected chi connectivity index (χ3v) is 3.38. The largest absolute Gasteiger partial charge is 0.595 e. The molecule has 0 fully saturated rings. The average Bonchev–Trinajstić information content (AvgIpc) is 2.14. The number of allylic oxidation sites excluding steroid dienone is 4. The Morgan fingerprint density at radius 2 is 2.06 bits per heavy atom. The molecular weight excluding hydrogens is 230 g/mol. The lowest BCUT2D eigenvalue weighted by molar-refractivity contribution is -0.165. The van der Waals surface area contributed by atoms with Gasteiger partial charge in [-0.3, -0.25) is 4.79 Å². The van der Waals surface area contributed by atoms with Gasteiger partial charge in [-0.2, -0.15) is 4.39 Å². The molecule has 0 heterocycles. The summed E-state index contributed by atoms with van der Waals surface area (Å²) < 4.78 is 22.6. The predicted octanol–water partition coefficient (Wildman–Crippen LogP) is 2.65. The fraction of sp³-hybridized carbons (Fsp3) is 0.545. The van der Waals surface area contributed by atoms with Crippen molar-refractivity contribution >= 4 is 14.1 Å². The van der Waals surface area contributed by atoms with E-state index in [0.29, 0.717) is 18.4 Å². The van der Waals surface area contributed by atoms with Crippen LogP contribution in [0.1, 0.15) is 33.6 Å². The fourth-order valence-corrected chi connectivity index (χ4v) is 1.57. The molecule has 0 saturated carbocycles. The van der Waals surface area contributed by atoms with E-state index in [2.05, 4.69) is 0 Å². The van der Waals surface area contributed by atoms with E-state index in [4.69, 9.17) is 0 Å². The summed E-state index contributed by atoms with van der Waals surface area (Å²) >= 11 is 0. The molecule has 0 spiro atoms. The number of carbonyl (C=O) groups excluding carboxylic acids is 1. The van der Waals surface area contributed by atoms with Crippen LogP contribution in [0.2, 0.25) is 0 Å². The van der Waals surface area contributed by atoms with E-state index in [0.717, 1.165) is 11.6 Å². The monoisotopic (exact) mass is 246 g/mol. The van der Waals surface area contributed by atoms with Crippen LogP contribution in [-0.4, -0.2) is 11.7 Å². The van der Waals surface area contributed by atoms with Crippen LogP contribution in [0.25, 0.3) is 0 Å². The van der Waals surface area contributed by atoms with Crippen molar-refractivity contribution in [2.75, 3.05) is 0 Å². The smallest absolute Gasteiger partial charge is 0.324 e. The van der Waals surface area contributed by atoms with E-state index in [1.165, 1.54) is 0 Å². The van der Waals surface area contributed by atoms with Crippen LogP contribution >= 0.6 is 8.03 Å². The second-order valence-corrected chi connectivity index (χ2v) is 5.09. The topological polar surface area (TPSA) is 57.2 Å². The van der Waals surface area contributed by atoms with Crippen LogP contribution < -0.4 is 4.89 Å². The van der Waals surface area contributed by atoms with Gasteiger partial charge in [0.15, 0.2) is 5.66 Å². The highest BCUT2D eigenvalue weighted by Crippen LogP contribution is 2.24. The molecule has 16 heavy (non-hydrogen) atoms. The first kappa shape index (κ1) is 15.1. The van der Waals surface area contributed by atoms with Crippen LogP contribution in [0.5, 0.6) is 0 Å². The summed E-state index contributed by atoms with van der Waals surface area (Å²) in [6.07, 6.45) is 3.90. The molecule has 0 aliphatic heterocycles. The van der Waals surface area contributed by atoms with Crippen LogP contribution in [0.15, 0.2) is 23.3 Å². The molecule has 0 amide bonds. The molecule has 0 aliphatic rings. The summed E-state index contributed by atoms with van der Waals surface area (Å²) in [5.41, 5.74) is 0.952. The quantitative estimate of drug-likeness (QED) is 0.313. The minimum absolute atomic E-state index is 0.470. The second kappa shape index (κ2) is 7.42. The van der Waals surface area contributed by atoms with Gasteiger partial charge in [0.2, 0.25) is 0 Å². The maximum atomic E-state index is 12.0. The van der Waals surface area contributed by atoms with Crippen molar-refractivity contribution in [2.45, 2.75) is 39.3 Å². The molecule has 0 N–H and O–H groups in total. The van der Waals surface area contributed by atoms with E-state index < -0.39 is 19.7 Å². The van der Waals surface area contributed by atoms with Crippen molar-refractivity contribution in [3.63, 3.8) is 0 Å². The molecule has 0 rings (SSSR count). The number of carbonyl (C=O) groups is 1. The summed E-state index contributed by atoms with van der Waals surface area (Å²) in [7, 11) is -2.44. The lowest BCUT2D eigenvalue weighted by atomic mass is 10.1. The minimum Gasteiger partial charge on any atom is -0.595 e. The van der Waals surface area contributed by atoms with Crippen LogP contribution in [0.3, 0.4) is 0 Å². The van der Waals surface area contributed by atoms with E-state index in [-0.39, 0.29) is 0 Å². The van der Waals surface area contributed by atoms with Crippen LogP contribution in [0, 0.1) is 0 Å². The molecule has 5 heteroatoms. The first-order chi connectivity index (χ1) is 7.34. The normalized spacial score (nSPS) is 15.9. The molecule has 2 unspecified atom stereocenters. The Bertz CT molecular complexity index is 334. The third-order valence-electron chi connectivity index (χ3n) is 2.34. The zero-order valence-electron chi connectivity index (χ0n) is 9.70. The summed E-state index contributed by atoms with van der Waals surface area (Å²) in [6.45, 7) is 5.03. The highest BCUT2D eigenvalue weighted by atomic mass is 31.1. The highest BCUT2D eigenvalue weighted by molar-refractivity contribution is 7.37. The van der Waals surface area contributed by atoms with Crippen LogP contribution in [-0.2, 0) is 9.36 Å². The first-order valence-corrected chi connectivity index (χ1v) is 6.26. The SMILES string of the molecule is CC(=CCC/C(C)=C\C(=O)F)C(C)[P+](=O)[O-]. The lowest BCUT2D eigenvalue weighted by Gasteiger charge is -2.03. The van der Waals surface area contributed by atoms with Gasteiger partial charge in [0, 0.05) is 6.08 Å². The molecule has 0 aromatic carbocycles. The van der Waals surface area contributed by atoms with Gasteiger partial charge in [-0.1, -0.05) is 16.2 Å². The number of rotatable bonds is 6. The van der Waals surface area contributed by atoms with E-state index in [1.54, 1.807) is 26.8 Å². The zero-order valence-corrected chi connectivity index (χ0v) is 10.6. The number of hydrogen-bond acceptors (Lipinski definition) is 3. The van der Waals surface area contributed by atoms with Crippen molar-refractivity contribution in [3.8, 4) is 0 Å². The molecule has 0 saturated heterocycles. The van der Waals surface area contributed by atoms with E-state index in [9.17, 15) is 18.6 Å². The minimum atomic E-state index is -2.44. The third kappa shape index (κ3) is 6.59. The molecule has 0 radical (unpaired) electrons. The second-order valence-electron chi connectivity index (χ2n) is 3.74. The molecule has 0 aromatic heterocycles. The fourth-order valence-electron chi connectivity index (χ4n) is 1.13. The maximum Gasteiger partial charge on any atom is 0.324 e. The molecule has 0 bridgehead atoms. The molecule has 90 valence electrons. The maximum absolute atomic E-state index is 12.0. The Balaban J connectivity index is 4.20. The Hall–Kier alpha value is -0.860. The van der Waals surface area contributed by atoms with Gasteiger partial charge in [0.1, 0.15) is 0 Å². The van der Waals surface area contributed by atoms with E-state index in [1.807, 2.05) is 0 Å². The Morgan fingerprint density at radius 1 is 1.50 bits per heavy atom. The Kier molecular flexibility index (Phi) is 7.02.